The lowest BCUT2D eigenvalue weighted by molar-refractivity contribution is -0.170. The summed E-state index contributed by atoms with van der Waals surface area (Å²) < 4.78 is 71.8. The first kappa shape index (κ1) is 21.0. The van der Waals surface area contributed by atoms with Gasteiger partial charge in [-0.2, -0.15) is 18.2 Å². The highest BCUT2D eigenvalue weighted by atomic mass is 19.4. The first-order valence-electron chi connectivity index (χ1n) is 8.89. The van der Waals surface area contributed by atoms with Crippen molar-refractivity contribution in [3.8, 4) is 0 Å². The Morgan fingerprint density at radius 3 is 2.38 bits per heavy atom. The molecule has 1 aliphatic heterocycles. The fourth-order valence-electron chi connectivity index (χ4n) is 3.20. The maximum absolute atomic E-state index is 13.4. The number of cyclic esters (lactones) is 1. The normalized spacial score (nSPS) is 18.0. The molecule has 3 rings (SSSR count). The SMILES string of the molecule is O=C1OC[C@H](Cc2ccccc2)N1OCC[C@@H](c1cc(F)cc(F)c1)C(F)(F)F. The Morgan fingerprint density at radius 2 is 1.76 bits per heavy atom. The van der Waals surface area contributed by atoms with Crippen LogP contribution in [0, 0.1) is 11.6 Å². The summed E-state index contributed by atoms with van der Waals surface area (Å²) in [7, 11) is 0. The van der Waals surface area contributed by atoms with E-state index in [1.54, 1.807) is 0 Å². The van der Waals surface area contributed by atoms with Crippen LogP contribution in [-0.2, 0) is 16.0 Å². The van der Waals surface area contributed by atoms with E-state index in [0.717, 1.165) is 10.6 Å². The van der Waals surface area contributed by atoms with Gasteiger partial charge in [-0.25, -0.2) is 13.6 Å². The molecule has 2 aromatic carbocycles. The molecule has 0 bridgehead atoms. The Morgan fingerprint density at radius 1 is 1.10 bits per heavy atom. The highest BCUT2D eigenvalue weighted by molar-refractivity contribution is 5.68. The largest absolute Gasteiger partial charge is 0.446 e. The molecule has 9 heteroatoms. The highest BCUT2D eigenvalue weighted by Crippen LogP contribution is 2.38. The topological polar surface area (TPSA) is 38.8 Å². The summed E-state index contributed by atoms with van der Waals surface area (Å²) in [4.78, 5) is 17.1. The first-order valence-corrected chi connectivity index (χ1v) is 8.89. The second kappa shape index (κ2) is 8.77. The molecule has 1 fully saturated rings. The van der Waals surface area contributed by atoms with E-state index < -0.39 is 54.5 Å². The van der Waals surface area contributed by atoms with Crippen molar-refractivity contribution in [1.82, 2.24) is 5.06 Å². The lowest BCUT2D eigenvalue weighted by Gasteiger charge is -2.24. The molecule has 1 aliphatic rings. The molecule has 2 atom stereocenters. The predicted octanol–water partition coefficient (Wildman–Crippen LogP) is 5.00. The van der Waals surface area contributed by atoms with Crippen molar-refractivity contribution in [2.24, 2.45) is 0 Å². The minimum atomic E-state index is -4.74. The summed E-state index contributed by atoms with van der Waals surface area (Å²) in [5.41, 5.74) is 0.372. The number of rotatable bonds is 7. The van der Waals surface area contributed by atoms with Gasteiger partial charge in [0.15, 0.2) is 0 Å². The summed E-state index contributed by atoms with van der Waals surface area (Å²) in [6.07, 6.45) is -5.73. The molecular weight excluding hydrogens is 397 g/mol. The summed E-state index contributed by atoms with van der Waals surface area (Å²) in [6, 6.07) is 10.5. The van der Waals surface area contributed by atoms with Gasteiger partial charge < -0.3 is 4.74 Å². The van der Waals surface area contributed by atoms with E-state index >= 15 is 0 Å². The van der Waals surface area contributed by atoms with Crippen molar-refractivity contribution in [1.29, 1.82) is 0 Å². The van der Waals surface area contributed by atoms with Crippen molar-refractivity contribution in [3.05, 3.63) is 71.3 Å². The summed E-state index contributed by atoms with van der Waals surface area (Å²) in [6.45, 7) is -0.436. The molecule has 0 spiro atoms. The molecule has 0 aromatic heterocycles. The zero-order valence-electron chi connectivity index (χ0n) is 15.2. The van der Waals surface area contributed by atoms with Gasteiger partial charge in [0.1, 0.15) is 24.3 Å². The monoisotopic (exact) mass is 415 g/mol. The number of alkyl halides is 3. The van der Waals surface area contributed by atoms with Crippen LogP contribution in [0.4, 0.5) is 26.7 Å². The van der Waals surface area contributed by atoms with Crippen molar-refractivity contribution in [3.63, 3.8) is 0 Å². The third-order valence-electron chi connectivity index (χ3n) is 4.54. The molecule has 0 radical (unpaired) electrons. The van der Waals surface area contributed by atoms with E-state index in [1.807, 2.05) is 30.3 Å². The van der Waals surface area contributed by atoms with Gasteiger partial charge in [0.2, 0.25) is 0 Å². The van der Waals surface area contributed by atoms with Crippen LogP contribution < -0.4 is 0 Å². The fourth-order valence-corrected chi connectivity index (χ4v) is 3.20. The Hall–Kier alpha value is -2.68. The van der Waals surface area contributed by atoms with Crippen LogP contribution in [0.1, 0.15) is 23.5 Å². The third-order valence-corrected chi connectivity index (χ3v) is 4.54. The average Bonchev–Trinajstić information content (AvgIpc) is 2.97. The number of halogens is 5. The van der Waals surface area contributed by atoms with Gasteiger partial charge in [-0.1, -0.05) is 30.3 Å². The van der Waals surface area contributed by atoms with Gasteiger partial charge >= 0.3 is 12.3 Å². The van der Waals surface area contributed by atoms with Gasteiger partial charge in [0.25, 0.3) is 0 Å². The van der Waals surface area contributed by atoms with E-state index in [1.165, 1.54) is 0 Å². The first-order chi connectivity index (χ1) is 13.7. The maximum Gasteiger partial charge on any atom is 0.434 e. The van der Waals surface area contributed by atoms with Crippen LogP contribution in [0.3, 0.4) is 0 Å². The smallest absolute Gasteiger partial charge is 0.434 e. The molecule has 1 heterocycles. The van der Waals surface area contributed by atoms with Gasteiger partial charge in [-0.3, -0.25) is 4.84 Å². The van der Waals surface area contributed by atoms with Gasteiger partial charge in [0, 0.05) is 6.07 Å². The number of hydroxylamine groups is 2. The number of hydrogen-bond donors (Lipinski definition) is 0. The molecule has 4 nitrogen and oxygen atoms in total. The van der Waals surface area contributed by atoms with Crippen molar-refractivity contribution in [2.75, 3.05) is 13.2 Å². The minimum absolute atomic E-state index is 0.0472. The van der Waals surface area contributed by atoms with Crippen LogP contribution in [0.2, 0.25) is 0 Å². The maximum atomic E-state index is 13.4. The quantitative estimate of drug-likeness (QED) is 0.598. The summed E-state index contributed by atoms with van der Waals surface area (Å²) in [5.74, 6) is -4.33. The van der Waals surface area contributed by atoms with E-state index in [-0.39, 0.29) is 6.61 Å². The molecule has 0 unspecified atom stereocenters. The Kier molecular flexibility index (Phi) is 6.36. The van der Waals surface area contributed by atoms with E-state index in [0.29, 0.717) is 24.6 Å². The molecule has 2 aromatic rings. The standard InChI is InChI=1S/C20H18F5NO3/c21-15-9-14(10-16(22)11-15)18(20(23,24)25)6-7-29-26-17(12-28-19(26)27)8-13-4-2-1-3-5-13/h1-5,9-11,17-18H,6-8,12H2/t17-,18-/m0/s1. The molecule has 1 saturated heterocycles. The highest BCUT2D eigenvalue weighted by Gasteiger charge is 2.41. The summed E-state index contributed by atoms with van der Waals surface area (Å²) >= 11 is 0. The number of carbonyl (C=O) groups excluding carboxylic acids is 1. The number of benzene rings is 2. The van der Waals surface area contributed by atoms with Crippen molar-refractivity contribution < 1.29 is 36.3 Å². The minimum Gasteiger partial charge on any atom is -0.446 e. The van der Waals surface area contributed by atoms with Crippen LogP contribution in [0.15, 0.2) is 48.5 Å². The molecule has 29 heavy (non-hydrogen) atoms. The number of nitrogens with zero attached hydrogens (tertiary/aromatic N) is 1. The lowest BCUT2D eigenvalue weighted by Crippen LogP contribution is -2.36. The fraction of sp³-hybridized carbons (Fsp3) is 0.350. The Labute approximate surface area is 163 Å². The number of amides is 1. The van der Waals surface area contributed by atoms with E-state index in [4.69, 9.17) is 9.57 Å². The van der Waals surface area contributed by atoms with E-state index in [2.05, 4.69) is 0 Å². The molecule has 0 N–H and O–H groups in total. The second-order valence-corrected chi connectivity index (χ2v) is 6.67. The number of ether oxygens (including phenoxy) is 1. The zero-order valence-corrected chi connectivity index (χ0v) is 15.2. The van der Waals surface area contributed by atoms with Gasteiger partial charge in [0.05, 0.1) is 12.5 Å². The second-order valence-electron chi connectivity index (χ2n) is 6.67. The van der Waals surface area contributed by atoms with Crippen LogP contribution in [0.5, 0.6) is 0 Å². The molecular formula is C20H18F5NO3. The van der Waals surface area contributed by atoms with Crippen LogP contribution in [0.25, 0.3) is 0 Å². The van der Waals surface area contributed by atoms with Crippen LogP contribution in [-0.4, -0.2) is 36.6 Å². The van der Waals surface area contributed by atoms with Gasteiger partial charge in [-0.15, -0.1) is 0 Å². The third kappa shape index (κ3) is 5.44. The number of carbonyl (C=O) groups is 1. The summed E-state index contributed by atoms with van der Waals surface area (Å²) in [5, 5.41) is 0.923. The number of hydrogen-bond acceptors (Lipinski definition) is 3. The molecule has 0 aliphatic carbocycles. The predicted molar refractivity (Wildman–Crippen MR) is 92.8 cm³/mol. The van der Waals surface area contributed by atoms with Gasteiger partial charge in [-0.05, 0) is 36.1 Å². The Bertz CT molecular complexity index is 824. The molecule has 1 amide bonds. The zero-order chi connectivity index (χ0) is 21.0. The van der Waals surface area contributed by atoms with E-state index in [9.17, 15) is 26.7 Å². The average molecular weight is 415 g/mol. The van der Waals surface area contributed by atoms with Crippen molar-refractivity contribution in [2.45, 2.75) is 31.0 Å². The Balaban J connectivity index is 1.65. The van der Waals surface area contributed by atoms with Crippen molar-refractivity contribution >= 4 is 6.09 Å². The van der Waals surface area contributed by atoms with Crippen LogP contribution >= 0.6 is 0 Å². The molecule has 156 valence electrons. The molecule has 0 saturated carbocycles. The lowest BCUT2D eigenvalue weighted by atomic mass is 9.95.